The van der Waals surface area contributed by atoms with Crippen LogP contribution < -0.4 is 4.72 Å². The molecule has 18 heavy (non-hydrogen) atoms. The number of nitrogens with zero attached hydrogens (tertiary/aromatic N) is 1. The Bertz CT molecular complexity index is 511. The Morgan fingerprint density at radius 3 is 2.50 bits per heavy atom. The summed E-state index contributed by atoms with van der Waals surface area (Å²) in [7, 11) is -4.97. The van der Waals surface area contributed by atoms with E-state index >= 15 is 0 Å². The molecule has 1 rings (SSSR count). The third kappa shape index (κ3) is 4.21. The van der Waals surface area contributed by atoms with E-state index in [1.54, 1.807) is 0 Å². The summed E-state index contributed by atoms with van der Waals surface area (Å²) in [4.78, 5) is 13.0. The zero-order valence-corrected chi connectivity index (χ0v) is 12.1. The maximum atomic E-state index is 11.7. The molecule has 1 fully saturated rings. The Morgan fingerprint density at radius 2 is 2.06 bits per heavy atom. The van der Waals surface area contributed by atoms with Gasteiger partial charge in [-0.15, -0.1) is 0 Å². The van der Waals surface area contributed by atoms with E-state index in [-0.39, 0.29) is 29.8 Å². The molecule has 0 aromatic heterocycles. The summed E-state index contributed by atoms with van der Waals surface area (Å²) < 4.78 is 47.1. The van der Waals surface area contributed by atoms with Gasteiger partial charge >= 0.3 is 0 Å². The number of hydrogen-bond acceptors (Lipinski definition) is 5. The first-order valence-corrected chi connectivity index (χ1v) is 9.07. The number of carbonyl (C=O) groups excluding carboxylic acids is 1. The van der Waals surface area contributed by atoms with Gasteiger partial charge in [-0.2, -0.15) is 0 Å². The summed E-state index contributed by atoms with van der Waals surface area (Å²) >= 11 is 0. The van der Waals surface area contributed by atoms with Crippen molar-refractivity contribution in [3.8, 4) is 0 Å². The van der Waals surface area contributed by atoms with Gasteiger partial charge in [-0.25, -0.2) is 21.6 Å². The van der Waals surface area contributed by atoms with Crippen LogP contribution >= 0.6 is 0 Å². The first kappa shape index (κ1) is 15.4. The Morgan fingerprint density at radius 1 is 1.44 bits per heavy atom. The van der Waals surface area contributed by atoms with Crippen molar-refractivity contribution in [2.45, 2.75) is 19.4 Å². The molecule has 1 unspecified atom stereocenters. The van der Waals surface area contributed by atoms with Crippen molar-refractivity contribution < 1.29 is 21.6 Å². The van der Waals surface area contributed by atoms with E-state index < -0.39 is 25.8 Å². The van der Waals surface area contributed by atoms with Crippen LogP contribution in [-0.2, 0) is 24.7 Å². The van der Waals surface area contributed by atoms with Crippen molar-refractivity contribution in [3.63, 3.8) is 0 Å². The van der Waals surface area contributed by atoms with Gasteiger partial charge in [0.2, 0.25) is 15.9 Å². The molecule has 1 amide bonds. The molecular weight excluding hydrogens is 280 g/mol. The van der Waals surface area contributed by atoms with Crippen LogP contribution in [0.2, 0.25) is 0 Å². The van der Waals surface area contributed by atoms with Crippen LogP contribution in [0.1, 0.15) is 13.3 Å². The lowest BCUT2D eigenvalue weighted by molar-refractivity contribution is -0.130. The molecule has 106 valence electrons. The molecule has 0 aromatic carbocycles. The highest BCUT2D eigenvalue weighted by atomic mass is 32.2. The minimum Gasteiger partial charge on any atom is -0.341 e. The fourth-order valence-electron chi connectivity index (χ4n) is 1.68. The van der Waals surface area contributed by atoms with E-state index in [0.717, 1.165) is 0 Å². The third-order valence-electron chi connectivity index (χ3n) is 2.97. The molecule has 7 nitrogen and oxygen atoms in total. The van der Waals surface area contributed by atoms with Crippen molar-refractivity contribution >= 4 is 25.8 Å². The van der Waals surface area contributed by atoms with Gasteiger partial charge < -0.3 is 4.90 Å². The average molecular weight is 298 g/mol. The van der Waals surface area contributed by atoms with Gasteiger partial charge in [0.05, 0.1) is 23.8 Å². The van der Waals surface area contributed by atoms with Crippen LogP contribution in [0.15, 0.2) is 0 Å². The molecule has 0 saturated carbocycles. The van der Waals surface area contributed by atoms with Crippen molar-refractivity contribution in [1.82, 2.24) is 9.62 Å². The lowest BCUT2D eigenvalue weighted by Gasteiger charge is -2.23. The van der Waals surface area contributed by atoms with E-state index in [1.165, 1.54) is 18.9 Å². The number of carbonyl (C=O) groups is 1. The van der Waals surface area contributed by atoms with Gasteiger partial charge in [0.25, 0.3) is 0 Å². The number of likely N-dealkylation sites (N-methyl/N-ethyl adjacent to an activating group) is 1. The topological polar surface area (TPSA) is 101 Å². The Labute approximate surface area is 108 Å². The molecule has 1 heterocycles. The molecule has 1 saturated heterocycles. The number of sulfonamides is 1. The van der Waals surface area contributed by atoms with Crippen molar-refractivity contribution in [3.05, 3.63) is 0 Å². The second-order valence-corrected chi connectivity index (χ2v) is 8.61. The third-order valence-corrected chi connectivity index (χ3v) is 6.07. The van der Waals surface area contributed by atoms with E-state index in [9.17, 15) is 21.6 Å². The van der Waals surface area contributed by atoms with Crippen molar-refractivity contribution in [1.29, 1.82) is 0 Å². The Balaban J connectivity index is 2.53. The quantitative estimate of drug-likeness (QED) is 0.671. The molecule has 1 atom stereocenters. The zero-order chi connectivity index (χ0) is 14.0. The lowest BCUT2D eigenvalue weighted by Crippen LogP contribution is -2.44. The molecule has 9 heteroatoms. The van der Waals surface area contributed by atoms with Crippen LogP contribution in [0.3, 0.4) is 0 Å². The molecule has 0 aromatic rings. The van der Waals surface area contributed by atoms with Crippen molar-refractivity contribution in [2.75, 3.05) is 30.9 Å². The van der Waals surface area contributed by atoms with Crippen LogP contribution in [0, 0.1) is 0 Å². The van der Waals surface area contributed by atoms with Gasteiger partial charge in [-0.1, -0.05) is 0 Å². The predicted octanol–water partition coefficient (Wildman–Crippen LogP) is -1.43. The summed E-state index contributed by atoms with van der Waals surface area (Å²) in [6.07, 6.45) is 0.408. The molecule has 1 aliphatic rings. The van der Waals surface area contributed by atoms with Crippen LogP contribution in [-0.4, -0.2) is 64.5 Å². The summed E-state index contributed by atoms with van der Waals surface area (Å²) in [5, 5.41) is 0. The van der Waals surface area contributed by atoms with E-state index in [2.05, 4.69) is 4.72 Å². The minimum absolute atomic E-state index is 0.0459. The summed E-state index contributed by atoms with van der Waals surface area (Å²) in [6, 6.07) is -0.353. The molecule has 0 radical (unpaired) electrons. The normalized spacial score (nSPS) is 22.9. The first-order valence-electron chi connectivity index (χ1n) is 5.60. The summed E-state index contributed by atoms with van der Waals surface area (Å²) in [6.45, 7) is 1.14. The minimum atomic E-state index is -3.41. The SMILES string of the molecule is CCS(=O)(=O)NCC(=O)N(C)C1CCS(=O)(=O)C1. The predicted molar refractivity (Wildman–Crippen MR) is 67.3 cm³/mol. The maximum Gasteiger partial charge on any atom is 0.237 e. The molecule has 0 aliphatic carbocycles. The van der Waals surface area contributed by atoms with Gasteiger partial charge in [-0.05, 0) is 13.3 Å². The number of nitrogens with one attached hydrogen (secondary N) is 1. The van der Waals surface area contributed by atoms with Gasteiger partial charge in [0.15, 0.2) is 9.84 Å². The second-order valence-electron chi connectivity index (χ2n) is 4.29. The smallest absolute Gasteiger partial charge is 0.237 e. The first-order chi connectivity index (χ1) is 8.17. The van der Waals surface area contributed by atoms with Gasteiger partial charge in [0.1, 0.15) is 0 Å². The number of amides is 1. The number of rotatable bonds is 5. The maximum absolute atomic E-state index is 11.7. The van der Waals surface area contributed by atoms with E-state index in [0.29, 0.717) is 6.42 Å². The van der Waals surface area contributed by atoms with Crippen molar-refractivity contribution in [2.24, 2.45) is 0 Å². The van der Waals surface area contributed by atoms with Crippen LogP contribution in [0.5, 0.6) is 0 Å². The molecule has 0 bridgehead atoms. The molecule has 0 spiro atoms. The van der Waals surface area contributed by atoms with E-state index in [1.807, 2.05) is 0 Å². The largest absolute Gasteiger partial charge is 0.341 e. The fourth-order valence-corrected chi connectivity index (χ4v) is 4.00. The summed E-state index contributed by atoms with van der Waals surface area (Å²) in [5.74, 6) is -0.484. The van der Waals surface area contributed by atoms with Crippen LogP contribution in [0.25, 0.3) is 0 Å². The molecule has 1 N–H and O–H groups in total. The van der Waals surface area contributed by atoms with E-state index in [4.69, 9.17) is 0 Å². The molecular formula is C9H18N2O5S2. The highest BCUT2D eigenvalue weighted by molar-refractivity contribution is 7.91. The monoisotopic (exact) mass is 298 g/mol. The Kier molecular flexibility index (Phi) is 4.73. The summed E-state index contributed by atoms with van der Waals surface area (Å²) in [5.41, 5.74) is 0. The van der Waals surface area contributed by atoms with Gasteiger partial charge in [0, 0.05) is 13.1 Å². The Hall–Kier alpha value is -0.670. The van der Waals surface area contributed by atoms with Gasteiger partial charge in [-0.3, -0.25) is 4.79 Å². The standard InChI is InChI=1S/C9H18N2O5S2/c1-3-18(15,16)10-6-9(12)11(2)8-4-5-17(13,14)7-8/h8,10H,3-7H2,1-2H3. The zero-order valence-electron chi connectivity index (χ0n) is 10.4. The number of sulfone groups is 1. The lowest BCUT2D eigenvalue weighted by atomic mass is 10.2. The molecule has 1 aliphatic heterocycles. The highest BCUT2D eigenvalue weighted by Gasteiger charge is 2.32. The average Bonchev–Trinajstić information content (AvgIpc) is 2.65. The van der Waals surface area contributed by atoms with Crippen LogP contribution in [0.4, 0.5) is 0 Å². The second kappa shape index (κ2) is 5.54. The number of hydrogen-bond donors (Lipinski definition) is 1. The highest BCUT2D eigenvalue weighted by Crippen LogP contribution is 2.16. The fraction of sp³-hybridized carbons (Fsp3) is 0.889.